The third-order valence-corrected chi connectivity index (χ3v) is 5.58. The van der Waals surface area contributed by atoms with Crippen LogP contribution in [0.25, 0.3) is 10.9 Å². The van der Waals surface area contributed by atoms with Gasteiger partial charge in [0.15, 0.2) is 5.69 Å². The highest BCUT2D eigenvalue weighted by Gasteiger charge is 2.26. The summed E-state index contributed by atoms with van der Waals surface area (Å²) in [6, 6.07) is 12.6. The lowest BCUT2D eigenvalue weighted by molar-refractivity contribution is -0.121. The maximum absolute atomic E-state index is 12.9. The maximum Gasteiger partial charge on any atom is 0.325 e. The molecule has 0 bridgehead atoms. The van der Waals surface area contributed by atoms with Crippen molar-refractivity contribution in [2.24, 2.45) is 0 Å². The van der Waals surface area contributed by atoms with Crippen molar-refractivity contribution in [2.45, 2.75) is 13.8 Å². The molecule has 3 aromatic rings. The smallest absolute Gasteiger partial charge is 0.325 e. The molecule has 9 heteroatoms. The van der Waals surface area contributed by atoms with Gasteiger partial charge in [0, 0.05) is 37.3 Å². The summed E-state index contributed by atoms with van der Waals surface area (Å²) in [4.78, 5) is 41.0. The van der Waals surface area contributed by atoms with Crippen LogP contribution in [0.3, 0.4) is 0 Å². The molecule has 0 radical (unpaired) electrons. The standard InChI is InChI=1S/C23H26N6O3/c1-15-7-8-18(16(2)13-15)24-23(32)25-20(30)14-28-9-11-29(12-10-28)22(31)21-17-5-3-4-6-19(17)26-27-21/h3-8,13H,9-12,14H2,1-2H3,(H,26,27)(H2,24,25,30,32). The number of rotatable bonds is 4. The number of nitrogens with zero attached hydrogens (tertiary/aromatic N) is 3. The first-order valence-corrected chi connectivity index (χ1v) is 10.5. The van der Waals surface area contributed by atoms with Crippen LogP contribution in [0.4, 0.5) is 10.5 Å². The van der Waals surface area contributed by atoms with E-state index in [1.807, 2.05) is 61.2 Å². The lowest BCUT2D eigenvalue weighted by Crippen LogP contribution is -2.51. The number of carbonyl (C=O) groups excluding carboxylic acids is 3. The van der Waals surface area contributed by atoms with E-state index in [4.69, 9.17) is 0 Å². The van der Waals surface area contributed by atoms with E-state index >= 15 is 0 Å². The fourth-order valence-corrected chi connectivity index (χ4v) is 3.86. The molecule has 9 nitrogen and oxygen atoms in total. The van der Waals surface area contributed by atoms with Crippen molar-refractivity contribution in [3.05, 3.63) is 59.3 Å². The Balaban J connectivity index is 1.26. The first-order chi connectivity index (χ1) is 15.4. The number of fused-ring (bicyclic) bond motifs is 1. The van der Waals surface area contributed by atoms with Crippen LogP contribution in [0.1, 0.15) is 21.6 Å². The summed E-state index contributed by atoms with van der Waals surface area (Å²) < 4.78 is 0. The molecule has 1 aliphatic heterocycles. The van der Waals surface area contributed by atoms with E-state index in [0.717, 1.165) is 22.0 Å². The molecular weight excluding hydrogens is 408 g/mol. The molecule has 2 heterocycles. The van der Waals surface area contributed by atoms with Gasteiger partial charge in [-0.1, -0.05) is 35.9 Å². The second kappa shape index (κ2) is 9.19. The number of benzene rings is 2. The lowest BCUT2D eigenvalue weighted by Gasteiger charge is -2.33. The van der Waals surface area contributed by atoms with Crippen molar-refractivity contribution in [3.63, 3.8) is 0 Å². The topological polar surface area (TPSA) is 110 Å². The Kier molecular flexibility index (Phi) is 6.18. The molecule has 0 aliphatic carbocycles. The van der Waals surface area contributed by atoms with Gasteiger partial charge in [0.05, 0.1) is 12.1 Å². The van der Waals surface area contributed by atoms with Crippen molar-refractivity contribution in [1.29, 1.82) is 0 Å². The predicted molar refractivity (Wildman–Crippen MR) is 122 cm³/mol. The first-order valence-electron chi connectivity index (χ1n) is 10.5. The minimum atomic E-state index is -0.554. The van der Waals surface area contributed by atoms with Crippen LogP contribution in [0.15, 0.2) is 42.5 Å². The lowest BCUT2D eigenvalue weighted by atomic mass is 10.1. The zero-order valence-corrected chi connectivity index (χ0v) is 18.1. The number of hydrogen-bond donors (Lipinski definition) is 3. The zero-order valence-electron chi connectivity index (χ0n) is 18.1. The monoisotopic (exact) mass is 434 g/mol. The zero-order chi connectivity index (χ0) is 22.7. The number of carbonyl (C=O) groups is 3. The van der Waals surface area contributed by atoms with Gasteiger partial charge in [-0.25, -0.2) is 4.79 Å². The minimum Gasteiger partial charge on any atom is -0.335 e. The Morgan fingerprint density at radius 2 is 1.78 bits per heavy atom. The summed E-state index contributed by atoms with van der Waals surface area (Å²) in [5.41, 5.74) is 3.93. The second-order valence-corrected chi connectivity index (χ2v) is 8.01. The maximum atomic E-state index is 12.9. The van der Waals surface area contributed by atoms with Crippen LogP contribution in [-0.2, 0) is 4.79 Å². The van der Waals surface area contributed by atoms with Crippen molar-refractivity contribution in [1.82, 2.24) is 25.3 Å². The van der Waals surface area contributed by atoms with Crippen LogP contribution in [0.5, 0.6) is 0 Å². The highest BCUT2D eigenvalue weighted by molar-refractivity contribution is 6.04. The van der Waals surface area contributed by atoms with Gasteiger partial charge < -0.3 is 10.2 Å². The number of aryl methyl sites for hydroxylation is 2. The molecule has 1 saturated heterocycles. The second-order valence-electron chi connectivity index (χ2n) is 8.01. The number of imide groups is 1. The molecule has 4 rings (SSSR count). The molecule has 1 aromatic heterocycles. The molecule has 4 amide bonds. The van der Waals surface area contributed by atoms with Gasteiger partial charge in [0.25, 0.3) is 5.91 Å². The molecule has 2 aromatic carbocycles. The number of aromatic nitrogens is 2. The number of amides is 4. The number of H-pyrrole nitrogens is 1. The van der Waals surface area contributed by atoms with Gasteiger partial charge in [-0.3, -0.25) is 24.9 Å². The SMILES string of the molecule is Cc1ccc(NC(=O)NC(=O)CN2CCN(C(=O)c3n[nH]c4ccccc34)CC2)c(C)c1. The van der Waals surface area contributed by atoms with E-state index < -0.39 is 6.03 Å². The number of nitrogens with one attached hydrogen (secondary N) is 3. The molecule has 1 aliphatic rings. The van der Waals surface area contributed by atoms with E-state index in [1.165, 1.54) is 0 Å². The Morgan fingerprint density at radius 1 is 1.03 bits per heavy atom. The summed E-state index contributed by atoms with van der Waals surface area (Å²) in [5, 5.41) is 12.9. The summed E-state index contributed by atoms with van der Waals surface area (Å²) in [7, 11) is 0. The average molecular weight is 435 g/mol. The molecule has 0 saturated carbocycles. The molecule has 0 spiro atoms. The van der Waals surface area contributed by atoms with E-state index in [9.17, 15) is 14.4 Å². The molecule has 0 atom stereocenters. The van der Waals surface area contributed by atoms with Crippen LogP contribution in [0, 0.1) is 13.8 Å². The molecule has 0 unspecified atom stereocenters. The summed E-state index contributed by atoms with van der Waals surface area (Å²) in [6.45, 7) is 6.03. The minimum absolute atomic E-state index is 0.0909. The summed E-state index contributed by atoms with van der Waals surface area (Å²) in [5.74, 6) is -0.510. The number of urea groups is 1. The van der Waals surface area contributed by atoms with Gasteiger partial charge in [-0.15, -0.1) is 0 Å². The van der Waals surface area contributed by atoms with Crippen molar-refractivity contribution >= 4 is 34.4 Å². The quantitative estimate of drug-likeness (QED) is 0.584. The summed E-state index contributed by atoms with van der Waals surface area (Å²) >= 11 is 0. The first kappa shape index (κ1) is 21.5. The van der Waals surface area contributed by atoms with Gasteiger partial charge in [0.2, 0.25) is 5.91 Å². The van der Waals surface area contributed by atoms with Crippen LogP contribution in [-0.4, -0.2) is 70.6 Å². The number of piperazine rings is 1. The van der Waals surface area contributed by atoms with Crippen molar-refractivity contribution in [2.75, 3.05) is 38.0 Å². The highest BCUT2D eigenvalue weighted by Crippen LogP contribution is 2.18. The third kappa shape index (κ3) is 4.78. The van der Waals surface area contributed by atoms with E-state index in [2.05, 4.69) is 20.8 Å². The van der Waals surface area contributed by atoms with Crippen molar-refractivity contribution < 1.29 is 14.4 Å². The summed E-state index contributed by atoms with van der Waals surface area (Å²) in [6.07, 6.45) is 0. The average Bonchev–Trinajstić information content (AvgIpc) is 3.20. The number of para-hydroxylation sites is 1. The molecule has 3 N–H and O–H groups in total. The fourth-order valence-electron chi connectivity index (χ4n) is 3.86. The van der Waals surface area contributed by atoms with Crippen LogP contribution >= 0.6 is 0 Å². The molecular formula is C23H26N6O3. The molecule has 166 valence electrons. The number of anilines is 1. The molecule has 32 heavy (non-hydrogen) atoms. The Hall–Kier alpha value is -3.72. The van der Waals surface area contributed by atoms with E-state index in [1.54, 1.807) is 4.90 Å². The highest BCUT2D eigenvalue weighted by atomic mass is 16.2. The molecule has 1 fully saturated rings. The van der Waals surface area contributed by atoms with Gasteiger partial charge in [-0.2, -0.15) is 5.10 Å². The van der Waals surface area contributed by atoms with E-state index in [-0.39, 0.29) is 18.4 Å². The van der Waals surface area contributed by atoms with Gasteiger partial charge in [0.1, 0.15) is 0 Å². The number of hydrogen-bond acceptors (Lipinski definition) is 5. The van der Waals surface area contributed by atoms with Crippen LogP contribution < -0.4 is 10.6 Å². The Morgan fingerprint density at radius 3 is 2.53 bits per heavy atom. The Bertz CT molecular complexity index is 1160. The Labute approximate surface area is 185 Å². The van der Waals surface area contributed by atoms with Gasteiger partial charge >= 0.3 is 6.03 Å². The van der Waals surface area contributed by atoms with Gasteiger partial charge in [-0.05, 0) is 31.5 Å². The predicted octanol–water partition coefficient (Wildman–Crippen LogP) is 2.29. The van der Waals surface area contributed by atoms with E-state index in [0.29, 0.717) is 37.6 Å². The van der Waals surface area contributed by atoms with Crippen LogP contribution in [0.2, 0.25) is 0 Å². The fraction of sp³-hybridized carbons (Fsp3) is 0.304. The third-order valence-electron chi connectivity index (χ3n) is 5.58. The van der Waals surface area contributed by atoms with Crippen molar-refractivity contribution in [3.8, 4) is 0 Å². The normalized spacial score (nSPS) is 14.4. The largest absolute Gasteiger partial charge is 0.335 e. The number of aromatic amines is 1.